The Morgan fingerprint density at radius 3 is 2.71 bits per heavy atom. The Balaban J connectivity index is 2.85. The van der Waals surface area contributed by atoms with E-state index in [0.717, 1.165) is 0 Å². The fourth-order valence-electron chi connectivity index (χ4n) is 0.905. The number of amides is 1. The van der Waals surface area contributed by atoms with Gasteiger partial charge in [-0.3, -0.25) is 15.1 Å². The SMILES string of the molecule is CN=C(N)NC(=O)c1ccccc1O. The summed E-state index contributed by atoms with van der Waals surface area (Å²) in [5, 5.41) is 11.6. The lowest BCUT2D eigenvalue weighted by Gasteiger charge is -2.04. The van der Waals surface area contributed by atoms with E-state index in [4.69, 9.17) is 5.73 Å². The molecule has 0 saturated carbocycles. The molecular weight excluding hydrogens is 182 g/mol. The van der Waals surface area contributed by atoms with Gasteiger partial charge in [0.1, 0.15) is 5.75 Å². The van der Waals surface area contributed by atoms with Crippen LogP contribution in [0.3, 0.4) is 0 Å². The van der Waals surface area contributed by atoms with E-state index in [2.05, 4.69) is 10.3 Å². The molecule has 14 heavy (non-hydrogen) atoms. The van der Waals surface area contributed by atoms with Crippen molar-refractivity contribution in [1.82, 2.24) is 5.32 Å². The van der Waals surface area contributed by atoms with Crippen LogP contribution in [0.15, 0.2) is 29.3 Å². The molecule has 0 atom stereocenters. The van der Waals surface area contributed by atoms with Crippen LogP contribution in [0.25, 0.3) is 0 Å². The Labute approximate surface area is 81.3 Å². The Hall–Kier alpha value is -2.04. The van der Waals surface area contributed by atoms with Gasteiger partial charge in [0.25, 0.3) is 5.91 Å². The molecular formula is C9H11N3O2. The molecule has 0 saturated heterocycles. The summed E-state index contributed by atoms with van der Waals surface area (Å²) in [5.41, 5.74) is 5.46. The van der Waals surface area contributed by atoms with Crippen LogP contribution in [0.5, 0.6) is 5.75 Å². The van der Waals surface area contributed by atoms with Crippen molar-refractivity contribution >= 4 is 11.9 Å². The van der Waals surface area contributed by atoms with E-state index in [1.807, 2.05) is 0 Å². The lowest BCUT2D eigenvalue weighted by Crippen LogP contribution is -2.36. The quantitative estimate of drug-likeness (QED) is 0.435. The van der Waals surface area contributed by atoms with Crippen LogP contribution >= 0.6 is 0 Å². The Kier molecular flexibility index (Phi) is 3.06. The average Bonchev–Trinajstić information content (AvgIpc) is 2.18. The van der Waals surface area contributed by atoms with E-state index in [0.29, 0.717) is 0 Å². The maximum atomic E-state index is 11.4. The molecule has 0 fully saturated rings. The van der Waals surface area contributed by atoms with Gasteiger partial charge in [-0.25, -0.2) is 0 Å². The second-order valence-electron chi connectivity index (χ2n) is 2.58. The fourth-order valence-corrected chi connectivity index (χ4v) is 0.905. The smallest absolute Gasteiger partial charge is 0.261 e. The van der Waals surface area contributed by atoms with Crippen LogP contribution < -0.4 is 11.1 Å². The highest BCUT2D eigenvalue weighted by atomic mass is 16.3. The van der Waals surface area contributed by atoms with Gasteiger partial charge in [0.05, 0.1) is 5.56 Å². The van der Waals surface area contributed by atoms with Gasteiger partial charge in [-0.15, -0.1) is 0 Å². The number of aliphatic imine (C=N–C) groups is 1. The molecule has 5 nitrogen and oxygen atoms in total. The molecule has 0 radical (unpaired) electrons. The number of nitrogens with zero attached hydrogens (tertiary/aromatic N) is 1. The summed E-state index contributed by atoms with van der Waals surface area (Å²) in [7, 11) is 1.46. The number of para-hydroxylation sites is 1. The van der Waals surface area contributed by atoms with Crippen molar-refractivity contribution in [2.24, 2.45) is 10.7 Å². The third kappa shape index (κ3) is 2.22. The van der Waals surface area contributed by atoms with Crippen LogP contribution in [-0.4, -0.2) is 24.0 Å². The van der Waals surface area contributed by atoms with Gasteiger partial charge in [0.15, 0.2) is 5.96 Å². The molecule has 0 aliphatic carbocycles. The zero-order valence-electron chi connectivity index (χ0n) is 7.69. The standard InChI is InChI=1S/C9H11N3O2/c1-11-9(10)12-8(14)6-4-2-3-5-7(6)13/h2-5,13H,1H3,(H3,10,11,12,14). The Morgan fingerprint density at radius 1 is 1.50 bits per heavy atom. The van der Waals surface area contributed by atoms with Crippen LogP contribution in [0, 0.1) is 0 Å². The first kappa shape index (κ1) is 10.0. The van der Waals surface area contributed by atoms with E-state index in [1.165, 1.54) is 19.2 Å². The van der Waals surface area contributed by atoms with Crippen molar-refractivity contribution in [2.75, 3.05) is 7.05 Å². The van der Waals surface area contributed by atoms with Crippen LogP contribution in [-0.2, 0) is 0 Å². The first-order chi connectivity index (χ1) is 6.65. The maximum absolute atomic E-state index is 11.4. The molecule has 0 heterocycles. The van der Waals surface area contributed by atoms with Crippen molar-refractivity contribution in [3.63, 3.8) is 0 Å². The highest BCUT2D eigenvalue weighted by molar-refractivity contribution is 6.06. The number of hydrogen-bond acceptors (Lipinski definition) is 3. The van der Waals surface area contributed by atoms with E-state index < -0.39 is 5.91 Å². The van der Waals surface area contributed by atoms with Crippen LogP contribution in [0.2, 0.25) is 0 Å². The summed E-state index contributed by atoms with van der Waals surface area (Å²) in [5.74, 6) is -0.557. The highest BCUT2D eigenvalue weighted by Gasteiger charge is 2.10. The van der Waals surface area contributed by atoms with E-state index >= 15 is 0 Å². The van der Waals surface area contributed by atoms with E-state index in [1.54, 1.807) is 12.1 Å². The largest absolute Gasteiger partial charge is 0.507 e. The molecule has 1 rings (SSSR count). The minimum Gasteiger partial charge on any atom is -0.507 e. The van der Waals surface area contributed by atoms with E-state index in [9.17, 15) is 9.90 Å². The zero-order chi connectivity index (χ0) is 10.6. The second kappa shape index (κ2) is 4.27. The van der Waals surface area contributed by atoms with Gasteiger partial charge >= 0.3 is 0 Å². The number of aromatic hydroxyl groups is 1. The number of guanidine groups is 1. The lowest BCUT2D eigenvalue weighted by molar-refractivity contribution is 0.0974. The van der Waals surface area contributed by atoms with Gasteiger partial charge < -0.3 is 10.8 Å². The number of carbonyl (C=O) groups is 1. The monoisotopic (exact) mass is 193 g/mol. The van der Waals surface area contributed by atoms with Gasteiger partial charge in [-0.05, 0) is 12.1 Å². The normalized spacial score (nSPS) is 11.1. The number of nitrogens with one attached hydrogen (secondary N) is 1. The number of carbonyl (C=O) groups excluding carboxylic acids is 1. The Bertz CT molecular complexity index is 374. The molecule has 74 valence electrons. The van der Waals surface area contributed by atoms with Crippen LogP contribution in [0.4, 0.5) is 0 Å². The predicted octanol–water partition coefficient (Wildman–Crippen LogP) is 0.0665. The van der Waals surface area contributed by atoms with E-state index in [-0.39, 0.29) is 17.3 Å². The molecule has 0 unspecified atom stereocenters. The fraction of sp³-hybridized carbons (Fsp3) is 0.111. The third-order valence-corrected chi connectivity index (χ3v) is 1.63. The number of benzene rings is 1. The number of hydrogen-bond donors (Lipinski definition) is 3. The molecule has 5 heteroatoms. The average molecular weight is 193 g/mol. The van der Waals surface area contributed by atoms with Gasteiger partial charge in [0.2, 0.25) is 0 Å². The summed E-state index contributed by atoms with van der Waals surface area (Å²) in [6.07, 6.45) is 0. The Morgan fingerprint density at radius 2 is 2.14 bits per heavy atom. The molecule has 0 aliphatic rings. The second-order valence-corrected chi connectivity index (χ2v) is 2.58. The zero-order valence-corrected chi connectivity index (χ0v) is 7.69. The molecule has 0 bridgehead atoms. The number of rotatable bonds is 1. The molecule has 1 aromatic carbocycles. The summed E-state index contributed by atoms with van der Waals surface area (Å²) in [6.45, 7) is 0. The van der Waals surface area contributed by atoms with Crippen LogP contribution in [0.1, 0.15) is 10.4 Å². The van der Waals surface area contributed by atoms with Crippen molar-refractivity contribution in [3.05, 3.63) is 29.8 Å². The minimum atomic E-state index is -0.480. The number of phenols is 1. The molecule has 1 aromatic rings. The first-order valence-electron chi connectivity index (χ1n) is 3.96. The summed E-state index contributed by atoms with van der Waals surface area (Å²) in [4.78, 5) is 15.0. The molecule has 0 aliphatic heterocycles. The van der Waals surface area contributed by atoms with Crippen molar-refractivity contribution in [1.29, 1.82) is 0 Å². The first-order valence-corrected chi connectivity index (χ1v) is 3.96. The van der Waals surface area contributed by atoms with Crippen molar-refractivity contribution in [3.8, 4) is 5.75 Å². The van der Waals surface area contributed by atoms with Gasteiger partial charge in [-0.1, -0.05) is 12.1 Å². The third-order valence-electron chi connectivity index (χ3n) is 1.63. The lowest BCUT2D eigenvalue weighted by atomic mass is 10.2. The summed E-state index contributed by atoms with van der Waals surface area (Å²) < 4.78 is 0. The minimum absolute atomic E-state index is 0.0123. The van der Waals surface area contributed by atoms with Gasteiger partial charge in [0, 0.05) is 7.05 Å². The summed E-state index contributed by atoms with van der Waals surface area (Å²) in [6, 6.07) is 6.19. The molecule has 0 spiro atoms. The topological polar surface area (TPSA) is 87.7 Å². The maximum Gasteiger partial charge on any atom is 0.261 e. The predicted molar refractivity (Wildman–Crippen MR) is 53.1 cm³/mol. The number of nitrogens with two attached hydrogens (primary N) is 1. The van der Waals surface area contributed by atoms with Crippen molar-refractivity contribution < 1.29 is 9.90 Å². The van der Waals surface area contributed by atoms with Gasteiger partial charge in [-0.2, -0.15) is 0 Å². The number of phenolic OH excluding ortho intramolecular Hbond substituents is 1. The molecule has 0 aromatic heterocycles. The van der Waals surface area contributed by atoms with Crippen molar-refractivity contribution in [2.45, 2.75) is 0 Å². The summed E-state index contributed by atoms with van der Waals surface area (Å²) >= 11 is 0. The molecule has 1 amide bonds. The highest BCUT2D eigenvalue weighted by Crippen LogP contribution is 2.14. The molecule has 4 N–H and O–H groups in total.